The first-order valence-corrected chi connectivity index (χ1v) is 17.3. The Morgan fingerprint density at radius 1 is 0.451 bits per heavy atom. The molecular formula is C47H31N3O. The van der Waals surface area contributed by atoms with Gasteiger partial charge in [-0.15, -0.1) is 0 Å². The van der Waals surface area contributed by atoms with Crippen LogP contribution >= 0.6 is 0 Å². The Balaban J connectivity index is 1.00. The Morgan fingerprint density at radius 3 is 2.02 bits per heavy atom. The van der Waals surface area contributed by atoms with Crippen molar-refractivity contribution in [1.29, 1.82) is 0 Å². The second-order valence-electron chi connectivity index (χ2n) is 13.0. The summed E-state index contributed by atoms with van der Waals surface area (Å²) in [6, 6.07) is 61.7. The average Bonchev–Trinajstić information content (AvgIpc) is 3.60. The van der Waals surface area contributed by atoms with E-state index in [2.05, 4.69) is 145 Å². The fourth-order valence-corrected chi connectivity index (χ4v) is 7.38. The summed E-state index contributed by atoms with van der Waals surface area (Å²) in [5.74, 6) is 1.51. The normalized spacial score (nSPS) is 14.5. The lowest BCUT2D eigenvalue weighted by molar-refractivity contribution is 0.669. The fraction of sp³-hybridized carbons (Fsp3) is 0.0213. The third-order valence-electron chi connectivity index (χ3n) is 9.93. The molecule has 0 amide bonds. The minimum atomic E-state index is -0.305. The minimum Gasteiger partial charge on any atom is -0.456 e. The predicted molar refractivity (Wildman–Crippen MR) is 211 cm³/mol. The van der Waals surface area contributed by atoms with Crippen LogP contribution in [0.3, 0.4) is 0 Å². The molecule has 9 aromatic rings. The maximum absolute atomic E-state index is 6.18. The van der Waals surface area contributed by atoms with Crippen molar-refractivity contribution in [2.24, 2.45) is 9.98 Å². The molecule has 0 bridgehead atoms. The average molecular weight is 654 g/mol. The van der Waals surface area contributed by atoms with Crippen LogP contribution in [-0.4, -0.2) is 11.7 Å². The van der Waals surface area contributed by atoms with Gasteiger partial charge in [0.2, 0.25) is 0 Å². The van der Waals surface area contributed by atoms with E-state index in [0.29, 0.717) is 5.84 Å². The van der Waals surface area contributed by atoms with Crippen molar-refractivity contribution < 1.29 is 4.42 Å². The molecule has 1 atom stereocenters. The summed E-state index contributed by atoms with van der Waals surface area (Å²) in [4.78, 5) is 10.2. The topological polar surface area (TPSA) is 49.9 Å². The number of benzene rings is 8. The number of hydrogen-bond acceptors (Lipinski definition) is 4. The van der Waals surface area contributed by atoms with Gasteiger partial charge in [-0.2, -0.15) is 0 Å². The number of fused-ring (bicyclic) bond motifs is 5. The van der Waals surface area contributed by atoms with E-state index < -0.39 is 0 Å². The third kappa shape index (κ3) is 5.17. The van der Waals surface area contributed by atoms with Crippen LogP contribution in [0.1, 0.15) is 22.9 Å². The molecule has 0 aliphatic carbocycles. The largest absolute Gasteiger partial charge is 0.456 e. The number of nitrogens with one attached hydrogen (secondary N) is 1. The van der Waals surface area contributed by atoms with Gasteiger partial charge in [0, 0.05) is 21.9 Å². The van der Waals surface area contributed by atoms with Crippen molar-refractivity contribution >= 4 is 55.2 Å². The van der Waals surface area contributed by atoms with Crippen molar-refractivity contribution in [3.63, 3.8) is 0 Å². The maximum Gasteiger partial charge on any atom is 0.159 e. The predicted octanol–water partition coefficient (Wildman–Crippen LogP) is 11.7. The Bertz CT molecular complexity index is 2820. The van der Waals surface area contributed by atoms with E-state index in [1.165, 1.54) is 32.8 Å². The molecule has 4 nitrogen and oxygen atoms in total. The van der Waals surface area contributed by atoms with Crippen molar-refractivity contribution in [1.82, 2.24) is 5.32 Å². The van der Waals surface area contributed by atoms with E-state index in [1.807, 2.05) is 36.4 Å². The summed E-state index contributed by atoms with van der Waals surface area (Å²) in [6.45, 7) is 0. The van der Waals surface area contributed by atoms with Gasteiger partial charge in [-0.05, 0) is 73.6 Å². The van der Waals surface area contributed by atoms with Crippen LogP contribution in [0.25, 0.3) is 65.7 Å². The minimum absolute atomic E-state index is 0.305. The molecular weight excluding hydrogens is 623 g/mol. The van der Waals surface area contributed by atoms with Gasteiger partial charge in [0.1, 0.15) is 23.2 Å². The molecule has 0 radical (unpaired) electrons. The van der Waals surface area contributed by atoms with Crippen molar-refractivity contribution in [3.05, 3.63) is 193 Å². The zero-order valence-electron chi connectivity index (χ0n) is 27.6. The second-order valence-corrected chi connectivity index (χ2v) is 13.0. The highest BCUT2D eigenvalue weighted by atomic mass is 16.3. The highest BCUT2D eigenvalue weighted by Crippen LogP contribution is 2.38. The van der Waals surface area contributed by atoms with E-state index in [4.69, 9.17) is 14.4 Å². The van der Waals surface area contributed by atoms with Gasteiger partial charge in [0.25, 0.3) is 0 Å². The number of furan rings is 1. The molecule has 240 valence electrons. The Kier molecular flexibility index (Phi) is 6.85. The summed E-state index contributed by atoms with van der Waals surface area (Å²) in [5, 5.41) is 10.7. The molecule has 1 unspecified atom stereocenters. The second kappa shape index (κ2) is 12.0. The molecule has 10 rings (SSSR count). The summed E-state index contributed by atoms with van der Waals surface area (Å²) in [6.07, 6.45) is -0.305. The van der Waals surface area contributed by atoms with Crippen LogP contribution in [0.4, 0.5) is 0 Å². The van der Waals surface area contributed by atoms with E-state index in [-0.39, 0.29) is 6.17 Å². The number of rotatable bonds is 5. The lowest BCUT2D eigenvalue weighted by atomic mass is 9.96. The molecule has 1 aromatic heterocycles. The molecule has 2 heterocycles. The number of para-hydroxylation sites is 1. The van der Waals surface area contributed by atoms with Gasteiger partial charge >= 0.3 is 0 Å². The summed E-state index contributed by atoms with van der Waals surface area (Å²) >= 11 is 0. The molecule has 1 N–H and O–H groups in total. The quantitative estimate of drug-likeness (QED) is 0.201. The van der Waals surface area contributed by atoms with Crippen molar-refractivity contribution in [2.45, 2.75) is 6.17 Å². The van der Waals surface area contributed by atoms with Crippen LogP contribution in [-0.2, 0) is 0 Å². The fourth-order valence-electron chi connectivity index (χ4n) is 7.38. The standard InChI is InChI=1S/C47H31N3O/c1-2-11-32(12-3-1)45-48-46(33-22-20-31(21-23-33)39-16-8-13-30-10-4-5-14-38(30)39)50-47(49-45)37-27-25-34-28-36(26-24-35(34)29-37)40-17-9-19-43-44(40)41-15-6-7-18-42(41)51-43/h1-29,47H,(H,48,49,50). The zero-order chi connectivity index (χ0) is 33.7. The van der Waals surface area contributed by atoms with Gasteiger partial charge in [-0.1, -0.05) is 152 Å². The van der Waals surface area contributed by atoms with Gasteiger partial charge in [-0.25, -0.2) is 9.98 Å². The number of hydrogen-bond donors (Lipinski definition) is 1. The smallest absolute Gasteiger partial charge is 0.159 e. The van der Waals surface area contributed by atoms with Gasteiger partial charge in [0.05, 0.1) is 0 Å². The molecule has 0 saturated heterocycles. The maximum atomic E-state index is 6.18. The zero-order valence-corrected chi connectivity index (χ0v) is 27.6. The van der Waals surface area contributed by atoms with Gasteiger partial charge in [-0.3, -0.25) is 0 Å². The van der Waals surface area contributed by atoms with Crippen LogP contribution in [0.5, 0.6) is 0 Å². The summed E-state index contributed by atoms with van der Waals surface area (Å²) in [5.41, 5.74) is 9.61. The van der Waals surface area contributed by atoms with Crippen molar-refractivity contribution in [3.8, 4) is 22.3 Å². The third-order valence-corrected chi connectivity index (χ3v) is 9.93. The highest BCUT2D eigenvalue weighted by molar-refractivity contribution is 6.14. The van der Waals surface area contributed by atoms with E-state index >= 15 is 0 Å². The van der Waals surface area contributed by atoms with Crippen LogP contribution in [0.15, 0.2) is 190 Å². The van der Waals surface area contributed by atoms with Gasteiger partial charge < -0.3 is 9.73 Å². The first kappa shape index (κ1) is 29.2. The molecule has 4 heteroatoms. The molecule has 0 fully saturated rings. The number of amidine groups is 2. The van der Waals surface area contributed by atoms with E-state index in [0.717, 1.165) is 55.4 Å². The van der Waals surface area contributed by atoms with Crippen molar-refractivity contribution in [2.75, 3.05) is 0 Å². The Hall–Kier alpha value is -6.78. The molecule has 51 heavy (non-hydrogen) atoms. The molecule has 8 aromatic carbocycles. The highest BCUT2D eigenvalue weighted by Gasteiger charge is 2.22. The SMILES string of the molecule is c1ccc(C2=NC(c3ccc4cc(-c5cccc6oc7ccccc7c56)ccc4c3)NC(c3ccc(-c4cccc5ccccc45)cc3)=N2)cc1. The lowest BCUT2D eigenvalue weighted by Gasteiger charge is -2.24. The number of aliphatic imine (C=N–C) groups is 2. The van der Waals surface area contributed by atoms with Gasteiger partial charge in [0.15, 0.2) is 5.84 Å². The number of nitrogens with zero attached hydrogens (tertiary/aromatic N) is 2. The summed E-state index contributed by atoms with van der Waals surface area (Å²) < 4.78 is 6.18. The van der Waals surface area contributed by atoms with E-state index in [9.17, 15) is 0 Å². The molecule has 1 aliphatic heterocycles. The Morgan fingerprint density at radius 2 is 1.12 bits per heavy atom. The first-order valence-electron chi connectivity index (χ1n) is 17.3. The Labute approximate surface area is 295 Å². The van der Waals surface area contributed by atoms with Crippen LogP contribution in [0.2, 0.25) is 0 Å². The van der Waals surface area contributed by atoms with E-state index in [1.54, 1.807) is 0 Å². The monoisotopic (exact) mass is 653 g/mol. The first-order chi connectivity index (χ1) is 25.2. The molecule has 0 spiro atoms. The summed E-state index contributed by atoms with van der Waals surface area (Å²) in [7, 11) is 0. The lowest BCUT2D eigenvalue weighted by Crippen LogP contribution is -2.33. The molecule has 1 aliphatic rings. The van der Waals surface area contributed by atoms with Crippen LogP contribution < -0.4 is 5.32 Å². The van der Waals surface area contributed by atoms with Crippen LogP contribution in [0, 0.1) is 0 Å². The molecule has 0 saturated carbocycles.